The molecule has 15 heavy (non-hydrogen) atoms. The van der Waals surface area contributed by atoms with E-state index in [-0.39, 0.29) is 0 Å². The first-order chi connectivity index (χ1) is 6.45. The minimum Gasteiger partial charge on any atom is -0.317 e. The SMILES string of the molecule is O=C(OS(=O)(=O)F)C(=C(F)F)C(F)(F)F. The first-order valence-electron chi connectivity index (χ1n) is 2.76. The van der Waals surface area contributed by atoms with Crippen LogP contribution in [0.2, 0.25) is 0 Å². The lowest BCUT2D eigenvalue weighted by molar-refractivity contribution is -0.143. The molecule has 0 saturated carbocycles. The number of rotatable bonds is 2. The summed E-state index contributed by atoms with van der Waals surface area (Å²) in [5.74, 6) is -3.04. The number of halogens is 6. The van der Waals surface area contributed by atoms with E-state index >= 15 is 0 Å². The maximum absolute atomic E-state index is 11.6. The van der Waals surface area contributed by atoms with Gasteiger partial charge in [0.25, 0.3) is 6.08 Å². The molecule has 0 atom stereocenters. The Balaban J connectivity index is 5.20. The molecule has 0 amide bonds. The molecule has 0 aliphatic rings. The van der Waals surface area contributed by atoms with Crippen LogP contribution in [0.4, 0.5) is 25.8 Å². The zero-order valence-electron chi connectivity index (χ0n) is 6.31. The molecule has 0 heterocycles. The zero-order chi connectivity index (χ0) is 12.4. The molecule has 0 aliphatic carbocycles. The predicted octanol–water partition coefficient (Wildman–Crippen LogP) is 1.46. The quantitative estimate of drug-likeness (QED) is 0.427. The third kappa shape index (κ3) is 4.67. The van der Waals surface area contributed by atoms with Crippen molar-refractivity contribution in [3.8, 4) is 0 Å². The van der Waals surface area contributed by atoms with Gasteiger partial charge in [-0.15, -0.1) is 0 Å². The molecule has 88 valence electrons. The zero-order valence-corrected chi connectivity index (χ0v) is 7.13. The van der Waals surface area contributed by atoms with Crippen LogP contribution in [0, 0.1) is 0 Å². The van der Waals surface area contributed by atoms with Gasteiger partial charge in [0.1, 0.15) is 0 Å². The van der Waals surface area contributed by atoms with Crippen LogP contribution in [0.15, 0.2) is 11.7 Å². The smallest absolute Gasteiger partial charge is 0.317 e. The average Bonchev–Trinajstić information content (AvgIpc) is 1.74. The average molecular weight is 258 g/mol. The maximum atomic E-state index is 11.6. The second-order valence-electron chi connectivity index (χ2n) is 1.90. The lowest BCUT2D eigenvalue weighted by Crippen LogP contribution is -2.24. The van der Waals surface area contributed by atoms with Crippen molar-refractivity contribution in [1.82, 2.24) is 0 Å². The van der Waals surface area contributed by atoms with Gasteiger partial charge < -0.3 is 4.18 Å². The van der Waals surface area contributed by atoms with Gasteiger partial charge in [-0.05, 0) is 0 Å². The molecule has 0 saturated heterocycles. The Morgan fingerprint density at radius 2 is 1.53 bits per heavy atom. The highest BCUT2D eigenvalue weighted by Gasteiger charge is 2.45. The number of hydrogen-bond acceptors (Lipinski definition) is 4. The molecule has 0 aliphatic heterocycles. The number of alkyl halides is 3. The van der Waals surface area contributed by atoms with Crippen LogP contribution in [-0.2, 0) is 19.5 Å². The third-order valence-electron chi connectivity index (χ3n) is 0.852. The molecule has 0 unspecified atom stereocenters. The van der Waals surface area contributed by atoms with Gasteiger partial charge in [-0.3, -0.25) is 0 Å². The first-order valence-corrected chi connectivity index (χ1v) is 4.07. The van der Waals surface area contributed by atoms with Crippen LogP contribution in [0.1, 0.15) is 0 Å². The molecule has 4 nitrogen and oxygen atoms in total. The van der Waals surface area contributed by atoms with E-state index in [1.165, 1.54) is 0 Å². The largest absolute Gasteiger partial charge is 0.491 e. The molecule has 0 aromatic rings. The monoisotopic (exact) mass is 258 g/mol. The van der Waals surface area contributed by atoms with E-state index in [0.717, 1.165) is 0 Å². The van der Waals surface area contributed by atoms with Crippen molar-refractivity contribution in [3.63, 3.8) is 0 Å². The summed E-state index contributed by atoms with van der Waals surface area (Å²) < 4.78 is 91.2. The predicted molar refractivity (Wildman–Crippen MR) is 31.4 cm³/mol. The van der Waals surface area contributed by atoms with Crippen LogP contribution >= 0.6 is 0 Å². The second kappa shape index (κ2) is 4.08. The van der Waals surface area contributed by atoms with Crippen LogP contribution in [0.5, 0.6) is 0 Å². The van der Waals surface area contributed by atoms with Crippen molar-refractivity contribution >= 4 is 16.5 Å². The molecule has 11 heteroatoms. The maximum Gasteiger partial charge on any atom is 0.491 e. The molecule has 0 aromatic heterocycles. The molecule has 0 spiro atoms. The summed E-state index contributed by atoms with van der Waals surface area (Å²) in [7, 11) is -6.08. The lowest BCUT2D eigenvalue weighted by atomic mass is 10.3. The van der Waals surface area contributed by atoms with E-state index in [1.807, 2.05) is 0 Å². The Morgan fingerprint density at radius 1 is 1.13 bits per heavy atom. The van der Waals surface area contributed by atoms with Crippen molar-refractivity contribution in [1.29, 1.82) is 0 Å². The van der Waals surface area contributed by atoms with E-state index in [4.69, 9.17) is 0 Å². The highest BCUT2D eigenvalue weighted by molar-refractivity contribution is 7.81. The van der Waals surface area contributed by atoms with E-state index in [1.54, 1.807) is 0 Å². The van der Waals surface area contributed by atoms with Gasteiger partial charge in [-0.2, -0.15) is 30.4 Å². The molecule has 0 N–H and O–H groups in total. The second-order valence-corrected chi connectivity index (χ2v) is 2.85. The fraction of sp³-hybridized carbons (Fsp3) is 0.250. The minimum absolute atomic E-state index is 2.50. The Morgan fingerprint density at radius 3 is 1.73 bits per heavy atom. The van der Waals surface area contributed by atoms with Crippen LogP contribution < -0.4 is 0 Å². The van der Waals surface area contributed by atoms with Gasteiger partial charge in [0.15, 0.2) is 0 Å². The van der Waals surface area contributed by atoms with E-state index < -0.39 is 34.3 Å². The van der Waals surface area contributed by atoms with Crippen molar-refractivity contribution in [2.45, 2.75) is 6.18 Å². The Hall–Kier alpha value is -1.26. The number of hydrogen-bond donors (Lipinski definition) is 0. The summed E-state index contributed by atoms with van der Waals surface area (Å²) in [4.78, 5) is 10.1. The van der Waals surface area contributed by atoms with Gasteiger partial charge in [-0.1, -0.05) is 3.89 Å². The molecule has 0 bridgehead atoms. The van der Waals surface area contributed by atoms with Crippen LogP contribution in [0.25, 0.3) is 0 Å². The lowest BCUT2D eigenvalue weighted by Gasteiger charge is -2.07. The highest BCUT2D eigenvalue weighted by Crippen LogP contribution is 2.30. The summed E-state index contributed by atoms with van der Waals surface area (Å²) in [6.07, 6.45) is -9.38. The standard InChI is InChI=1S/C4F6O4S/c5-2(6)1(4(7,8)9)3(11)14-15(10,12)13. The van der Waals surface area contributed by atoms with Crippen molar-refractivity contribution < 1.29 is 43.2 Å². The Kier molecular flexibility index (Phi) is 3.74. The number of carbonyl (C=O) groups excluding carboxylic acids is 1. The summed E-state index contributed by atoms with van der Waals surface area (Å²) in [6, 6.07) is 0. The molecule has 0 fully saturated rings. The molecular formula is C4F6O4S. The van der Waals surface area contributed by atoms with Gasteiger partial charge in [0, 0.05) is 0 Å². The van der Waals surface area contributed by atoms with Crippen molar-refractivity contribution in [3.05, 3.63) is 11.7 Å². The highest BCUT2D eigenvalue weighted by atomic mass is 32.3. The fourth-order valence-electron chi connectivity index (χ4n) is 0.432. The van der Waals surface area contributed by atoms with Crippen LogP contribution in [-0.4, -0.2) is 20.6 Å². The molecular weight excluding hydrogens is 258 g/mol. The fourth-order valence-corrected chi connectivity index (χ4v) is 0.696. The minimum atomic E-state index is -6.08. The summed E-state index contributed by atoms with van der Waals surface area (Å²) in [5, 5.41) is 0. The van der Waals surface area contributed by atoms with Gasteiger partial charge >= 0.3 is 22.6 Å². The van der Waals surface area contributed by atoms with Crippen LogP contribution in [0.3, 0.4) is 0 Å². The molecule has 0 radical (unpaired) electrons. The summed E-state index contributed by atoms with van der Waals surface area (Å²) in [6.45, 7) is 0. The summed E-state index contributed by atoms with van der Waals surface area (Å²) in [5.41, 5.74) is -3.18. The topological polar surface area (TPSA) is 60.4 Å². The molecule has 0 rings (SSSR count). The first kappa shape index (κ1) is 13.7. The van der Waals surface area contributed by atoms with Gasteiger partial charge in [0.2, 0.25) is 5.57 Å². The third-order valence-corrected chi connectivity index (χ3v) is 1.20. The van der Waals surface area contributed by atoms with Crippen molar-refractivity contribution in [2.75, 3.05) is 0 Å². The van der Waals surface area contributed by atoms with E-state index in [9.17, 15) is 39.1 Å². The van der Waals surface area contributed by atoms with Gasteiger partial charge in [0.05, 0.1) is 0 Å². The molecule has 0 aromatic carbocycles. The summed E-state index contributed by atoms with van der Waals surface area (Å²) >= 11 is 0. The van der Waals surface area contributed by atoms with Crippen molar-refractivity contribution in [2.24, 2.45) is 0 Å². The van der Waals surface area contributed by atoms with Gasteiger partial charge in [-0.25, -0.2) is 4.79 Å². The van der Waals surface area contributed by atoms with E-state index in [0.29, 0.717) is 0 Å². The number of carbonyl (C=O) groups is 1. The Bertz CT molecular complexity index is 388. The van der Waals surface area contributed by atoms with E-state index in [2.05, 4.69) is 4.18 Å². The Labute approximate surface area is 78.5 Å². The normalized spacial score (nSPS) is 12.1.